The second-order valence-corrected chi connectivity index (χ2v) is 3.75. The van der Waals surface area contributed by atoms with Crippen LogP contribution in [0.2, 0.25) is 0 Å². The van der Waals surface area contributed by atoms with Gasteiger partial charge in [0, 0.05) is 12.6 Å². The van der Waals surface area contributed by atoms with Crippen molar-refractivity contribution in [3.63, 3.8) is 0 Å². The maximum Gasteiger partial charge on any atom is 0.354 e. The van der Waals surface area contributed by atoms with Gasteiger partial charge < -0.3 is 15.9 Å². The summed E-state index contributed by atoms with van der Waals surface area (Å²) in [5.74, 6) is -2.29. The second-order valence-electron chi connectivity index (χ2n) is 3.75. The molecule has 0 unspecified atom stereocenters. The first-order chi connectivity index (χ1) is 7.33. The molecule has 1 rings (SSSR count). The number of halogens is 2. The Morgan fingerprint density at radius 1 is 1.39 bits per heavy atom. The van der Waals surface area contributed by atoms with Gasteiger partial charge in [-0.3, -0.25) is 4.79 Å². The van der Waals surface area contributed by atoms with Gasteiger partial charge in [0.1, 0.15) is 11.2 Å². The van der Waals surface area contributed by atoms with Gasteiger partial charge in [-0.1, -0.05) is 0 Å². The Hall–Kier alpha value is -1.37. The molecule has 0 aromatic carbocycles. The molecule has 8 heteroatoms. The molecule has 0 saturated heterocycles. The van der Waals surface area contributed by atoms with Gasteiger partial charge in [-0.15, -0.1) is 24.8 Å². The van der Waals surface area contributed by atoms with Crippen molar-refractivity contribution in [3.05, 3.63) is 29.6 Å². The van der Waals surface area contributed by atoms with E-state index in [0.717, 1.165) is 0 Å². The third-order valence-corrected chi connectivity index (χ3v) is 2.10. The van der Waals surface area contributed by atoms with Gasteiger partial charge >= 0.3 is 11.9 Å². The zero-order valence-electron chi connectivity index (χ0n) is 9.49. The van der Waals surface area contributed by atoms with E-state index in [0.29, 0.717) is 5.56 Å². The van der Waals surface area contributed by atoms with E-state index in [1.165, 1.54) is 19.2 Å². The molecule has 0 radical (unpaired) electrons. The highest BCUT2D eigenvalue weighted by molar-refractivity contribution is 5.86. The lowest BCUT2D eigenvalue weighted by atomic mass is 9.94. The number of aliphatic carboxylic acids is 1. The van der Waals surface area contributed by atoms with Crippen LogP contribution in [0.3, 0.4) is 0 Å². The van der Waals surface area contributed by atoms with E-state index in [-0.39, 0.29) is 36.9 Å². The zero-order valence-corrected chi connectivity index (χ0v) is 11.1. The smallest absolute Gasteiger partial charge is 0.354 e. The van der Waals surface area contributed by atoms with Crippen molar-refractivity contribution < 1.29 is 19.8 Å². The van der Waals surface area contributed by atoms with E-state index in [1.807, 2.05) is 0 Å². The molecule has 1 heterocycles. The number of nitrogens with zero attached hydrogens (tertiary/aromatic N) is 1. The second kappa shape index (κ2) is 7.15. The minimum absolute atomic E-state index is 0. The van der Waals surface area contributed by atoms with Crippen molar-refractivity contribution in [1.82, 2.24) is 4.98 Å². The highest BCUT2D eigenvalue weighted by Crippen LogP contribution is 2.11. The Balaban J connectivity index is 0. The van der Waals surface area contributed by atoms with Crippen LogP contribution in [-0.2, 0) is 11.2 Å². The minimum atomic E-state index is -1.42. The molecular weight excluding hydrogens is 283 g/mol. The maximum atomic E-state index is 10.8. The van der Waals surface area contributed by atoms with Crippen LogP contribution in [0.25, 0.3) is 0 Å². The molecule has 0 aliphatic rings. The van der Waals surface area contributed by atoms with Crippen LogP contribution in [0, 0.1) is 0 Å². The number of carboxylic acids is 2. The van der Waals surface area contributed by atoms with Crippen LogP contribution in [0.5, 0.6) is 0 Å². The number of aromatic carboxylic acids is 1. The largest absolute Gasteiger partial charge is 0.480 e. The van der Waals surface area contributed by atoms with Gasteiger partial charge in [0.05, 0.1) is 0 Å². The molecule has 0 fully saturated rings. The fourth-order valence-electron chi connectivity index (χ4n) is 1.20. The van der Waals surface area contributed by atoms with Crippen LogP contribution in [0.1, 0.15) is 23.0 Å². The molecule has 0 amide bonds. The van der Waals surface area contributed by atoms with Crippen molar-refractivity contribution in [2.75, 3.05) is 0 Å². The average molecular weight is 297 g/mol. The van der Waals surface area contributed by atoms with Crippen molar-refractivity contribution in [2.24, 2.45) is 5.73 Å². The van der Waals surface area contributed by atoms with Crippen molar-refractivity contribution in [1.29, 1.82) is 0 Å². The fourth-order valence-corrected chi connectivity index (χ4v) is 1.20. The first kappa shape index (κ1) is 19.0. The molecule has 6 nitrogen and oxygen atoms in total. The number of aromatic nitrogens is 1. The fraction of sp³-hybridized carbons (Fsp3) is 0.300. The lowest BCUT2D eigenvalue weighted by molar-refractivity contribution is -0.142. The van der Waals surface area contributed by atoms with Crippen molar-refractivity contribution in [2.45, 2.75) is 18.9 Å². The van der Waals surface area contributed by atoms with Crippen LogP contribution >= 0.6 is 24.8 Å². The van der Waals surface area contributed by atoms with Gasteiger partial charge in [-0.05, 0) is 24.6 Å². The van der Waals surface area contributed by atoms with E-state index < -0.39 is 17.5 Å². The third kappa shape index (κ3) is 4.87. The van der Waals surface area contributed by atoms with Crippen LogP contribution < -0.4 is 5.73 Å². The van der Waals surface area contributed by atoms with Gasteiger partial charge in [0.15, 0.2) is 0 Å². The summed E-state index contributed by atoms with van der Waals surface area (Å²) < 4.78 is 0. The molecular formula is C10H14Cl2N2O4. The number of carbonyl (C=O) groups is 2. The molecule has 0 bridgehead atoms. The van der Waals surface area contributed by atoms with Gasteiger partial charge in [0.2, 0.25) is 0 Å². The average Bonchev–Trinajstić information content (AvgIpc) is 2.17. The van der Waals surface area contributed by atoms with Gasteiger partial charge in [0.25, 0.3) is 0 Å². The van der Waals surface area contributed by atoms with Crippen LogP contribution in [0.4, 0.5) is 0 Å². The number of hydrogen-bond donors (Lipinski definition) is 3. The Bertz CT molecular complexity index is 438. The minimum Gasteiger partial charge on any atom is -0.480 e. The molecule has 1 aromatic heterocycles. The summed E-state index contributed by atoms with van der Waals surface area (Å²) in [7, 11) is 0. The maximum absolute atomic E-state index is 10.8. The van der Waals surface area contributed by atoms with Crippen molar-refractivity contribution in [3.8, 4) is 0 Å². The number of pyridine rings is 1. The van der Waals surface area contributed by atoms with E-state index in [1.54, 1.807) is 6.07 Å². The first-order valence-corrected chi connectivity index (χ1v) is 4.53. The SMILES string of the molecule is C[C@@](N)(Cc1ccnc(C(=O)O)c1)C(=O)O.Cl.Cl. The highest BCUT2D eigenvalue weighted by atomic mass is 35.5. The summed E-state index contributed by atoms with van der Waals surface area (Å²) in [5, 5.41) is 17.5. The summed E-state index contributed by atoms with van der Waals surface area (Å²) in [6.45, 7) is 1.37. The Morgan fingerprint density at radius 3 is 2.39 bits per heavy atom. The number of carboxylic acid groups (broad SMARTS) is 2. The zero-order chi connectivity index (χ0) is 12.3. The summed E-state index contributed by atoms with van der Waals surface area (Å²) in [6.07, 6.45) is 1.36. The summed E-state index contributed by atoms with van der Waals surface area (Å²) in [5.41, 5.74) is 4.53. The van der Waals surface area contributed by atoms with Crippen LogP contribution in [0.15, 0.2) is 18.3 Å². The number of nitrogens with two attached hydrogens (primary N) is 1. The van der Waals surface area contributed by atoms with Gasteiger partial charge in [-0.25, -0.2) is 9.78 Å². The lowest BCUT2D eigenvalue weighted by Gasteiger charge is -2.18. The predicted molar refractivity (Wildman–Crippen MR) is 69.6 cm³/mol. The Morgan fingerprint density at radius 2 is 1.94 bits per heavy atom. The lowest BCUT2D eigenvalue weighted by Crippen LogP contribution is -2.46. The Kier molecular flexibility index (Phi) is 7.54. The summed E-state index contributed by atoms with van der Waals surface area (Å²) >= 11 is 0. The number of hydrogen-bond acceptors (Lipinski definition) is 4. The molecule has 102 valence electrons. The predicted octanol–water partition coefficient (Wildman–Crippen LogP) is 0.968. The molecule has 1 atom stereocenters. The normalized spacial score (nSPS) is 12.6. The molecule has 0 spiro atoms. The molecule has 18 heavy (non-hydrogen) atoms. The highest BCUT2D eigenvalue weighted by Gasteiger charge is 2.28. The number of rotatable bonds is 4. The quantitative estimate of drug-likeness (QED) is 0.763. The molecule has 0 saturated carbocycles. The van der Waals surface area contributed by atoms with E-state index >= 15 is 0 Å². The van der Waals surface area contributed by atoms with Crippen molar-refractivity contribution >= 4 is 36.8 Å². The standard InChI is InChI=1S/C10H12N2O4.2ClH/c1-10(11,9(15)16)5-6-2-3-12-7(4-6)8(13)14;;/h2-4H,5,11H2,1H3,(H,13,14)(H,15,16);2*1H/t10-;;/m1../s1. The topological polar surface area (TPSA) is 114 Å². The van der Waals surface area contributed by atoms with E-state index in [2.05, 4.69) is 4.98 Å². The summed E-state index contributed by atoms with van der Waals surface area (Å²) in [6, 6.07) is 2.86. The molecule has 1 aromatic rings. The van der Waals surface area contributed by atoms with E-state index in [4.69, 9.17) is 15.9 Å². The Labute approximate surface area is 116 Å². The first-order valence-electron chi connectivity index (χ1n) is 4.53. The monoisotopic (exact) mass is 296 g/mol. The van der Waals surface area contributed by atoms with E-state index in [9.17, 15) is 9.59 Å². The molecule has 0 aliphatic carbocycles. The summed E-state index contributed by atoms with van der Waals surface area (Å²) in [4.78, 5) is 25.1. The molecule has 0 aliphatic heterocycles. The molecule has 4 N–H and O–H groups in total. The van der Waals surface area contributed by atoms with Crippen LogP contribution in [-0.4, -0.2) is 32.7 Å². The third-order valence-electron chi connectivity index (χ3n) is 2.10. The van der Waals surface area contributed by atoms with Gasteiger partial charge in [-0.2, -0.15) is 0 Å².